The third kappa shape index (κ3) is 4.47. The number of rotatable bonds is 4. The molecule has 2 atom stereocenters. The van der Waals surface area contributed by atoms with Crippen LogP contribution in [0.3, 0.4) is 0 Å². The summed E-state index contributed by atoms with van der Waals surface area (Å²) in [6.07, 6.45) is 0.880. The largest absolute Gasteiger partial charge is 0.381 e. The first-order valence-corrected chi connectivity index (χ1v) is 3.27. The lowest BCUT2D eigenvalue weighted by Crippen LogP contribution is -2.26. The zero-order valence-corrected chi connectivity index (χ0v) is 5.96. The van der Waals surface area contributed by atoms with Crippen molar-refractivity contribution in [3.05, 3.63) is 0 Å². The lowest BCUT2D eigenvalue weighted by molar-refractivity contribution is 0.255. The van der Waals surface area contributed by atoms with E-state index in [0.29, 0.717) is 6.54 Å². The first kappa shape index (κ1) is 8.31. The van der Waals surface area contributed by atoms with Crippen molar-refractivity contribution >= 4 is 9.24 Å². The van der Waals surface area contributed by atoms with Crippen LogP contribution in [-0.2, 0) is 0 Å². The van der Waals surface area contributed by atoms with Gasteiger partial charge >= 0.3 is 0 Å². The zero-order chi connectivity index (χ0) is 6.41. The van der Waals surface area contributed by atoms with Gasteiger partial charge in [0.15, 0.2) is 0 Å². The molecule has 0 aromatic rings. The molecular formula is C4H13N2OP. The highest BCUT2D eigenvalue weighted by Crippen LogP contribution is 1.97. The van der Waals surface area contributed by atoms with E-state index < -0.39 is 0 Å². The highest BCUT2D eigenvalue weighted by atomic mass is 31.0. The summed E-state index contributed by atoms with van der Waals surface area (Å²) in [6, 6.07) is 0. The molecule has 0 aromatic heterocycles. The van der Waals surface area contributed by atoms with Crippen LogP contribution in [0.5, 0.6) is 0 Å². The molecule has 0 fully saturated rings. The van der Waals surface area contributed by atoms with Crippen LogP contribution < -0.4 is 11.1 Å². The molecule has 0 spiro atoms. The fraction of sp³-hybridized carbons (Fsp3) is 1.00. The molecule has 0 saturated heterocycles. The number of hydrogen-bond donors (Lipinski definition) is 3. The summed E-state index contributed by atoms with van der Waals surface area (Å²) in [5, 5.41) is 11.1. The van der Waals surface area contributed by atoms with Crippen LogP contribution in [0.2, 0.25) is 0 Å². The number of aliphatic hydroxyl groups is 1. The Morgan fingerprint density at radius 3 is 2.75 bits per heavy atom. The van der Waals surface area contributed by atoms with Crippen molar-refractivity contribution in [2.24, 2.45) is 5.73 Å². The van der Waals surface area contributed by atoms with E-state index in [1.807, 2.05) is 0 Å². The minimum atomic E-state index is 0.0220. The Morgan fingerprint density at radius 1 is 1.75 bits per heavy atom. The molecule has 0 bridgehead atoms. The molecule has 4 N–H and O–H groups in total. The van der Waals surface area contributed by atoms with E-state index in [9.17, 15) is 0 Å². The summed E-state index contributed by atoms with van der Waals surface area (Å²) >= 11 is 0. The van der Waals surface area contributed by atoms with Crippen molar-refractivity contribution in [1.82, 2.24) is 5.32 Å². The van der Waals surface area contributed by atoms with Crippen molar-refractivity contribution in [3.63, 3.8) is 0 Å². The zero-order valence-electron chi connectivity index (χ0n) is 4.80. The van der Waals surface area contributed by atoms with E-state index in [2.05, 4.69) is 14.6 Å². The molecule has 0 aliphatic carbocycles. The Morgan fingerprint density at radius 2 is 2.38 bits per heavy atom. The maximum absolute atomic E-state index is 8.30. The molecule has 0 saturated carbocycles. The summed E-state index contributed by atoms with van der Waals surface area (Å²) in [7, 11) is 2.55. The van der Waals surface area contributed by atoms with Crippen molar-refractivity contribution in [2.45, 2.75) is 12.2 Å². The third-order valence-corrected chi connectivity index (χ3v) is 1.40. The van der Waals surface area contributed by atoms with Crippen LogP contribution >= 0.6 is 9.24 Å². The molecule has 2 unspecified atom stereocenters. The lowest BCUT2D eigenvalue weighted by atomic mass is 10.4. The summed E-state index contributed by atoms with van der Waals surface area (Å²) in [5.41, 5.74) is 5.22. The Labute approximate surface area is 51.8 Å². The number of nitrogens with two attached hydrogens (primary N) is 1. The van der Waals surface area contributed by atoms with Gasteiger partial charge in [0.1, 0.15) is 0 Å². The Balaban J connectivity index is 2.92. The molecule has 0 aliphatic rings. The van der Waals surface area contributed by atoms with Gasteiger partial charge in [0, 0.05) is 5.78 Å². The normalized spacial score (nSPS) is 13.9. The third-order valence-electron chi connectivity index (χ3n) is 0.831. The second kappa shape index (κ2) is 5.45. The van der Waals surface area contributed by atoms with Crippen LogP contribution in [0.25, 0.3) is 0 Å². The van der Waals surface area contributed by atoms with Gasteiger partial charge in [-0.15, -0.1) is 9.24 Å². The Bertz CT molecular complexity index is 47.3. The summed E-state index contributed by atoms with van der Waals surface area (Å²) in [4.78, 5) is 0. The smallest absolute Gasteiger partial charge is 0.0936 e. The van der Waals surface area contributed by atoms with E-state index in [1.165, 1.54) is 0 Å². The van der Waals surface area contributed by atoms with Gasteiger partial charge in [0.25, 0.3) is 0 Å². The fourth-order valence-corrected chi connectivity index (χ4v) is 0.697. The molecule has 4 heteroatoms. The van der Waals surface area contributed by atoms with Gasteiger partial charge in [-0.2, -0.15) is 0 Å². The van der Waals surface area contributed by atoms with E-state index in [4.69, 9.17) is 10.8 Å². The molecule has 0 aliphatic heterocycles. The second-order valence-corrected chi connectivity index (χ2v) is 2.35. The van der Waals surface area contributed by atoms with Gasteiger partial charge in [0.2, 0.25) is 0 Å². The predicted molar refractivity (Wildman–Crippen MR) is 37.4 cm³/mol. The predicted octanol–water partition coefficient (Wildman–Crippen LogP) is -0.924. The van der Waals surface area contributed by atoms with Gasteiger partial charge in [-0.1, -0.05) is 0 Å². The van der Waals surface area contributed by atoms with Crippen LogP contribution in [0, 0.1) is 0 Å². The molecule has 3 nitrogen and oxygen atoms in total. The van der Waals surface area contributed by atoms with Gasteiger partial charge in [0.05, 0.1) is 6.73 Å². The molecule has 0 heterocycles. The minimum Gasteiger partial charge on any atom is -0.381 e. The van der Waals surface area contributed by atoms with E-state index in [-0.39, 0.29) is 12.5 Å². The number of aliphatic hydroxyl groups excluding tert-OH is 1. The summed E-state index contributed by atoms with van der Waals surface area (Å²) < 4.78 is 0. The number of nitrogens with one attached hydrogen (secondary N) is 1. The van der Waals surface area contributed by atoms with Gasteiger partial charge < -0.3 is 10.8 Å². The van der Waals surface area contributed by atoms with Crippen molar-refractivity contribution < 1.29 is 5.11 Å². The monoisotopic (exact) mass is 136 g/mol. The van der Waals surface area contributed by atoms with Gasteiger partial charge in [-0.25, -0.2) is 0 Å². The summed E-state index contributed by atoms with van der Waals surface area (Å²) in [5.74, 6) is 0.255. The van der Waals surface area contributed by atoms with Crippen molar-refractivity contribution in [2.75, 3.05) is 13.3 Å². The Kier molecular flexibility index (Phi) is 5.66. The van der Waals surface area contributed by atoms with Gasteiger partial charge in [-0.05, 0) is 13.0 Å². The molecule has 50 valence electrons. The molecule has 0 rings (SSSR count). The maximum Gasteiger partial charge on any atom is 0.0936 e. The topological polar surface area (TPSA) is 58.3 Å². The maximum atomic E-state index is 8.30. The van der Waals surface area contributed by atoms with Crippen molar-refractivity contribution in [3.8, 4) is 0 Å². The summed E-state index contributed by atoms with van der Waals surface area (Å²) in [6.45, 7) is 0.676. The van der Waals surface area contributed by atoms with Crippen LogP contribution in [0.15, 0.2) is 0 Å². The molecule has 0 aromatic carbocycles. The van der Waals surface area contributed by atoms with Crippen LogP contribution in [0.4, 0.5) is 0 Å². The Hall–Kier alpha value is 0.310. The van der Waals surface area contributed by atoms with E-state index >= 15 is 0 Å². The SMILES string of the molecule is NCCC(P)NCO. The molecule has 0 amide bonds. The second-order valence-electron chi connectivity index (χ2n) is 1.55. The highest BCUT2D eigenvalue weighted by Gasteiger charge is 1.94. The lowest BCUT2D eigenvalue weighted by Gasteiger charge is -2.07. The first-order valence-electron chi connectivity index (χ1n) is 2.61. The molecule has 8 heavy (non-hydrogen) atoms. The van der Waals surface area contributed by atoms with Crippen LogP contribution in [0.1, 0.15) is 6.42 Å². The average Bonchev–Trinajstić information content (AvgIpc) is 1.68. The molecule has 0 radical (unpaired) electrons. The fourth-order valence-electron chi connectivity index (χ4n) is 0.399. The molecular weight excluding hydrogens is 123 g/mol. The first-order chi connectivity index (χ1) is 3.81. The average molecular weight is 136 g/mol. The standard InChI is InChI=1S/C4H13N2OP/c5-2-1-4(8)6-3-7/h4,6-7H,1-3,5,8H2. The highest BCUT2D eigenvalue weighted by molar-refractivity contribution is 7.17. The number of hydrogen-bond acceptors (Lipinski definition) is 3. The minimum absolute atomic E-state index is 0.0220. The van der Waals surface area contributed by atoms with E-state index in [1.54, 1.807) is 0 Å². The quantitative estimate of drug-likeness (QED) is 0.346. The van der Waals surface area contributed by atoms with E-state index in [0.717, 1.165) is 6.42 Å². The van der Waals surface area contributed by atoms with Gasteiger partial charge in [-0.3, -0.25) is 5.32 Å². The van der Waals surface area contributed by atoms with Crippen molar-refractivity contribution in [1.29, 1.82) is 0 Å². The van der Waals surface area contributed by atoms with Crippen LogP contribution in [-0.4, -0.2) is 24.2 Å².